The lowest BCUT2D eigenvalue weighted by molar-refractivity contribution is -0.124. The average Bonchev–Trinajstić information content (AvgIpc) is 2.34. The van der Waals surface area contributed by atoms with Crippen molar-refractivity contribution in [3.63, 3.8) is 0 Å². The van der Waals surface area contributed by atoms with E-state index in [1.54, 1.807) is 0 Å². The summed E-state index contributed by atoms with van der Waals surface area (Å²) in [6.45, 7) is 1.54. The van der Waals surface area contributed by atoms with Crippen LogP contribution in [0.4, 0.5) is 0 Å². The van der Waals surface area contributed by atoms with Gasteiger partial charge < -0.3 is 9.42 Å². The molecule has 1 aromatic carbocycles. The molecule has 2 atom stereocenters. The van der Waals surface area contributed by atoms with Crippen LogP contribution in [0.2, 0.25) is 0 Å². The predicted octanol–water partition coefficient (Wildman–Crippen LogP) is 2.22. The highest BCUT2D eigenvalue weighted by atomic mass is 31.1. The van der Waals surface area contributed by atoms with Gasteiger partial charge in [0.15, 0.2) is 5.78 Å². The molecule has 0 saturated carbocycles. The molecule has 1 aromatic rings. The van der Waals surface area contributed by atoms with Crippen molar-refractivity contribution in [1.29, 1.82) is 0 Å². The van der Waals surface area contributed by atoms with Gasteiger partial charge in [0.1, 0.15) is 6.61 Å². The van der Waals surface area contributed by atoms with E-state index in [0.29, 0.717) is 0 Å². The van der Waals surface area contributed by atoms with E-state index in [9.17, 15) is 9.36 Å². The van der Waals surface area contributed by atoms with Gasteiger partial charge in [-0.1, -0.05) is 37.3 Å². The van der Waals surface area contributed by atoms with Gasteiger partial charge in [0.25, 0.3) is 0 Å². The third-order valence-corrected chi connectivity index (χ3v) is 2.99. The standard InChI is InChI=1S/C12H17O4P/c1-10(12(13)9-16-17(14)15)7-8-11-5-3-2-4-6-11/h2-6,10,17H,7-9H2,1H3,(H,14,15). The number of carbonyl (C=O) groups is 1. The van der Waals surface area contributed by atoms with Crippen molar-refractivity contribution in [2.75, 3.05) is 6.61 Å². The van der Waals surface area contributed by atoms with Crippen molar-refractivity contribution in [1.82, 2.24) is 0 Å². The summed E-state index contributed by atoms with van der Waals surface area (Å²) >= 11 is 0. The van der Waals surface area contributed by atoms with Gasteiger partial charge in [0.05, 0.1) is 0 Å². The summed E-state index contributed by atoms with van der Waals surface area (Å²) in [5.74, 6) is -0.287. The van der Waals surface area contributed by atoms with Crippen molar-refractivity contribution in [2.45, 2.75) is 19.8 Å². The van der Waals surface area contributed by atoms with Gasteiger partial charge in [-0.05, 0) is 18.4 Å². The molecule has 5 heteroatoms. The summed E-state index contributed by atoms with van der Waals surface area (Å²) < 4.78 is 14.7. The molecular weight excluding hydrogens is 239 g/mol. The lowest BCUT2D eigenvalue weighted by atomic mass is 9.98. The van der Waals surface area contributed by atoms with E-state index >= 15 is 0 Å². The molecule has 0 aromatic heterocycles. The van der Waals surface area contributed by atoms with E-state index < -0.39 is 8.25 Å². The fourth-order valence-corrected chi connectivity index (χ4v) is 1.73. The number of benzene rings is 1. The van der Waals surface area contributed by atoms with Crippen molar-refractivity contribution in [3.8, 4) is 0 Å². The third kappa shape index (κ3) is 5.78. The Labute approximate surface area is 102 Å². The molecule has 4 nitrogen and oxygen atoms in total. The Kier molecular flexibility index (Phi) is 6.12. The van der Waals surface area contributed by atoms with Crippen molar-refractivity contribution < 1.29 is 18.8 Å². The number of rotatable bonds is 7. The van der Waals surface area contributed by atoms with E-state index in [1.807, 2.05) is 37.3 Å². The number of hydrogen-bond acceptors (Lipinski definition) is 3. The number of ketones is 1. The molecule has 0 amide bonds. The van der Waals surface area contributed by atoms with Crippen LogP contribution < -0.4 is 0 Å². The summed E-state index contributed by atoms with van der Waals surface area (Å²) in [6.07, 6.45) is 1.54. The highest BCUT2D eigenvalue weighted by Crippen LogP contribution is 2.16. The second-order valence-corrected chi connectivity index (χ2v) is 4.77. The molecule has 0 heterocycles. The van der Waals surface area contributed by atoms with Gasteiger partial charge >= 0.3 is 8.25 Å². The van der Waals surface area contributed by atoms with Crippen molar-refractivity contribution in [2.24, 2.45) is 5.92 Å². The molecule has 0 radical (unpaired) electrons. The maximum Gasteiger partial charge on any atom is 0.317 e. The van der Waals surface area contributed by atoms with Crippen LogP contribution in [0.15, 0.2) is 30.3 Å². The molecule has 17 heavy (non-hydrogen) atoms. The molecule has 0 saturated heterocycles. The number of hydrogen-bond donors (Lipinski definition) is 1. The highest BCUT2D eigenvalue weighted by Gasteiger charge is 2.13. The largest absolute Gasteiger partial charge is 0.326 e. The van der Waals surface area contributed by atoms with Gasteiger partial charge in [-0.2, -0.15) is 0 Å². The molecular formula is C12H17O4P. The SMILES string of the molecule is CC(CCc1ccccc1)C(=O)CO[PH](=O)O. The molecule has 0 bridgehead atoms. The van der Waals surface area contributed by atoms with Gasteiger partial charge in [-0.15, -0.1) is 0 Å². The Morgan fingerprint density at radius 2 is 2.06 bits per heavy atom. The van der Waals surface area contributed by atoms with Crippen LogP contribution >= 0.6 is 8.25 Å². The van der Waals surface area contributed by atoms with Crippen molar-refractivity contribution in [3.05, 3.63) is 35.9 Å². The zero-order valence-corrected chi connectivity index (χ0v) is 10.8. The Balaban J connectivity index is 2.31. The number of aryl methyl sites for hydroxylation is 1. The van der Waals surface area contributed by atoms with E-state index in [0.717, 1.165) is 12.8 Å². The fraction of sp³-hybridized carbons (Fsp3) is 0.417. The lowest BCUT2D eigenvalue weighted by Gasteiger charge is -2.09. The zero-order valence-electron chi connectivity index (χ0n) is 9.76. The molecule has 0 aliphatic heterocycles. The van der Waals surface area contributed by atoms with Gasteiger partial charge in [0.2, 0.25) is 0 Å². The summed E-state index contributed by atoms with van der Waals surface area (Å²) in [5, 5.41) is 0. The van der Waals surface area contributed by atoms with Crippen molar-refractivity contribution >= 4 is 14.0 Å². The number of Topliss-reactive ketones (excluding diaryl/α,β-unsaturated/α-hetero) is 1. The van der Waals surface area contributed by atoms with Crippen LogP contribution in [-0.4, -0.2) is 17.3 Å². The maximum atomic E-state index is 11.5. The highest BCUT2D eigenvalue weighted by molar-refractivity contribution is 7.32. The van der Waals surface area contributed by atoms with Crippen LogP contribution in [0.3, 0.4) is 0 Å². The Hall–Kier alpha value is -0.960. The quantitative estimate of drug-likeness (QED) is 0.760. The normalized spacial score (nSPS) is 14.2. The van der Waals surface area contributed by atoms with Gasteiger partial charge in [-0.3, -0.25) is 9.36 Å². The molecule has 0 aliphatic rings. The molecule has 1 N–H and O–H groups in total. The first-order valence-electron chi connectivity index (χ1n) is 5.52. The maximum absolute atomic E-state index is 11.5. The van der Waals surface area contributed by atoms with E-state index in [1.165, 1.54) is 5.56 Å². The molecule has 1 rings (SSSR count). The molecule has 0 aliphatic carbocycles. The summed E-state index contributed by atoms with van der Waals surface area (Å²) in [5.41, 5.74) is 1.18. The Morgan fingerprint density at radius 3 is 2.65 bits per heavy atom. The van der Waals surface area contributed by atoms with Crippen LogP contribution in [0, 0.1) is 5.92 Å². The topological polar surface area (TPSA) is 63.6 Å². The third-order valence-electron chi connectivity index (χ3n) is 2.60. The lowest BCUT2D eigenvalue weighted by Crippen LogP contribution is -2.16. The molecule has 0 fully saturated rings. The van der Waals surface area contributed by atoms with E-state index in [4.69, 9.17) is 4.89 Å². The monoisotopic (exact) mass is 256 g/mol. The minimum absolute atomic E-state index is 0.131. The predicted molar refractivity (Wildman–Crippen MR) is 66.1 cm³/mol. The molecule has 94 valence electrons. The van der Waals surface area contributed by atoms with Crippen LogP contribution in [0.5, 0.6) is 0 Å². The fourth-order valence-electron chi connectivity index (χ4n) is 1.46. The van der Waals surface area contributed by atoms with Gasteiger partial charge in [0, 0.05) is 5.92 Å². The second-order valence-electron chi connectivity index (χ2n) is 3.95. The van der Waals surface area contributed by atoms with Crippen LogP contribution in [-0.2, 0) is 20.3 Å². The Morgan fingerprint density at radius 1 is 1.41 bits per heavy atom. The zero-order chi connectivity index (χ0) is 12.7. The molecule has 2 unspecified atom stereocenters. The van der Waals surface area contributed by atoms with Gasteiger partial charge in [-0.25, -0.2) is 0 Å². The first-order valence-corrected chi connectivity index (χ1v) is 6.78. The van der Waals surface area contributed by atoms with Crippen LogP contribution in [0.25, 0.3) is 0 Å². The smallest absolute Gasteiger partial charge is 0.317 e. The first-order chi connectivity index (χ1) is 8.09. The first kappa shape index (κ1) is 14.1. The van der Waals surface area contributed by atoms with Crippen LogP contribution in [0.1, 0.15) is 18.9 Å². The van der Waals surface area contributed by atoms with E-state index in [2.05, 4.69) is 4.52 Å². The summed E-state index contributed by atoms with van der Waals surface area (Å²) in [4.78, 5) is 20.0. The minimum atomic E-state index is -3.00. The molecule has 0 spiro atoms. The summed E-state index contributed by atoms with van der Waals surface area (Å²) in [7, 11) is -3.00. The summed E-state index contributed by atoms with van der Waals surface area (Å²) in [6, 6.07) is 9.90. The minimum Gasteiger partial charge on any atom is -0.326 e. The number of carbonyl (C=O) groups excluding carboxylic acids is 1. The second kappa shape index (κ2) is 7.38. The van der Waals surface area contributed by atoms with E-state index in [-0.39, 0.29) is 18.3 Å². The Bertz CT molecular complexity index is 377. The average molecular weight is 256 g/mol.